The van der Waals surface area contributed by atoms with E-state index in [1.807, 2.05) is 42.5 Å². The number of nitriles is 1. The second-order valence-electron chi connectivity index (χ2n) is 6.24. The molecule has 0 amide bonds. The van der Waals surface area contributed by atoms with Crippen LogP contribution < -0.4 is 5.32 Å². The summed E-state index contributed by atoms with van der Waals surface area (Å²) >= 11 is 0. The van der Waals surface area contributed by atoms with E-state index in [0.29, 0.717) is 6.42 Å². The van der Waals surface area contributed by atoms with Crippen LogP contribution in [-0.2, 0) is 19.5 Å². The lowest BCUT2D eigenvalue weighted by Crippen LogP contribution is -2.12. The van der Waals surface area contributed by atoms with Crippen molar-refractivity contribution in [2.75, 3.05) is 0 Å². The monoisotopic (exact) mass is 358 g/mol. The molecule has 0 fully saturated rings. The zero-order valence-electron chi connectivity index (χ0n) is 15.5. The molecule has 0 unspecified atom stereocenters. The summed E-state index contributed by atoms with van der Waals surface area (Å²) in [6.45, 7) is 1.85. The molecule has 0 bridgehead atoms. The van der Waals surface area contributed by atoms with Gasteiger partial charge in [0.2, 0.25) is 0 Å². The maximum absolute atomic E-state index is 8.96. The normalized spacial score (nSPS) is 11.0. The van der Waals surface area contributed by atoms with E-state index in [1.165, 1.54) is 11.1 Å². The highest BCUT2D eigenvalue weighted by Gasteiger charge is 2.00. The molecule has 3 nitrogen and oxygen atoms in total. The van der Waals surface area contributed by atoms with Crippen LogP contribution in [0.15, 0.2) is 91.0 Å². The summed E-state index contributed by atoms with van der Waals surface area (Å²) in [4.78, 5) is 0. The number of hydrogen-bond donors (Lipinski definition) is 2. The number of benzene rings is 3. The van der Waals surface area contributed by atoms with E-state index in [2.05, 4.69) is 53.8 Å². The molecule has 0 heterocycles. The fourth-order valence-electron chi connectivity index (χ4n) is 2.56. The van der Waals surface area contributed by atoms with Crippen LogP contribution in [0.2, 0.25) is 0 Å². The van der Waals surface area contributed by atoms with Gasteiger partial charge in [0.25, 0.3) is 0 Å². The Balaban J connectivity index is 0.000000199. The SMILES string of the molecule is N#C[C@H](O)CCc1ccccc1.c1ccc(CNCc2ccccc2)cc1. The van der Waals surface area contributed by atoms with E-state index in [4.69, 9.17) is 10.4 Å². The molecule has 0 aromatic heterocycles. The summed E-state index contributed by atoms with van der Waals surface area (Å²) in [5.74, 6) is 0. The number of hydrogen-bond acceptors (Lipinski definition) is 3. The zero-order chi connectivity index (χ0) is 19.2. The van der Waals surface area contributed by atoms with E-state index in [-0.39, 0.29) is 0 Å². The zero-order valence-corrected chi connectivity index (χ0v) is 15.5. The largest absolute Gasteiger partial charge is 0.378 e. The number of aliphatic hydroxyl groups is 1. The number of aliphatic hydroxyl groups excluding tert-OH is 1. The van der Waals surface area contributed by atoms with Crippen LogP contribution in [0.4, 0.5) is 0 Å². The highest BCUT2D eigenvalue weighted by molar-refractivity contribution is 5.17. The Labute approximate surface area is 161 Å². The summed E-state index contributed by atoms with van der Waals surface area (Å²) in [6.07, 6.45) is 0.445. The average molecular weight is 358 g/mol. The number of nitrogens with zero attached hydrogens (tertiary/aromatic N) is 1. The predicted octanol–water partition coefficient (Wildman–Crippen LogP) is 4.48. The Morgan fingerprint density at radius 1 is 0.704 bits per heavy atom. The molecule has 0 saturated heterocycles. The lowest BCUT2D eigenvalue weighted by atomic mass is 10.1. The van der Waals surface area contributed by atoms with E-state index < -0.39 is 6.10 Å². The number of rotatable bonds is 7. The van der Waals surface area contributed by atoms with Crippen LogP contribution in [0.25, 0.3) is 0 Å². The Bertz CT molecular complexity index is 743. The van der Waals surface area contributed by atoms with E-state index in [9.17, 15) is 0 Å². The van der Waals surface area contributed by atoms with Gasteiger partial charge in [-0.05, 0) is 29.5 Å². The van der Waals surface area contributed by atoms with Gasteiger partial charge >= 0.3 is 0 Å². The summed E-state index contributed by atoms with van der Waals surface area (Å²) in [5.41, 5.74) is 3.81. The minimum absolute atomic E-state index is 0.514. The van der Waals surface area contributed by atoms with Crippen molar-refractivity contribution >= 4 is 0 Å². The third kappa shape index (κ3) is 8.82. The standard InChI is InChI=1S/C14H15N.C10H11NO/c1-3-7-13(8-4-1)11-15-12-14-9-5-2-6-10-14;11-8-10(12)7-6-9-4-2-1-3-5-9/h1-10,15H,11-12H2;1-5,10,12H,6-7H2/t;10-/m.1/s1. The predicted molar refractivity (Wildman–Crippen MR) is 110 cm³/mol. The first-order valence-corrected chi connectivity index (χ1v) is 9.18. The van der Waals surface area contributed by atoms with Gasteiger partial charge in [0.05, 0.1) is 6.07 Å². The van der Waals surface area contributed by atoms with Gasteiger partial charge in [-0.2, -0.15) is 5.26 Å². The van der Waals surface area contributed by atoms with Crippen molar-refractivity contribution < 1.29 is 5.11 Å². The minimum atomic E-state index is -0.829. The molecule has 0 aliphatic rings. The molecule has 3 aromatic carbocycles. The summed E-state index contributed by atoms with van der Waals surface area (Å²) in [5, 5.41) is 20.7. The molecule has 27 heavy (non-hydrogen) atoms. The molecule has 2 N–H and O–H groups in total. The maximum atomic E-state index is 8.96. The number of nitrogens with one attached hydrogen (secondary N) is 1. The van der Waals surface area contributed by atoms with Crippen molar-refractivity contribution in [1.29, 1.82) is 5.26 Å². The molecule has 0 aliphatic carbocycles. The molecule has 0 spiro atoms. The third-order valence-corrected chi connectivity index (χ3v) is 4.04. The van der Waals surface area contributed by atoms with Crippen molar-refractivity contribution in [3.05, 3.63) is 108 Å². The van der Waals surface area contributed by atoms with E-state index in [1.54, 1.807) is 6.07 Å². The summed E-state index contributed by atoms with van der Waals surface area (Å²) < 4.78 is 0. The van der Waals surface area contributed by atoms with E-state index >= 15 is 0 Å². The van der Waals surface area contributed by atoms with Crippen molar-refractivity contribution in [3.8, 4) is 6.07 Å². The Hall–Kier alpha value is -2.93. The van der Waals surface area contributed by atoms with Crippen LogP contribution in [0.3, 0.4) is 0 Å². The second kappa shape index (κ2) is 12.4. The highest BCUT2D eigenvalue weighted by Crippen LogP contribution is 2.04. The molecular formula is C24H26N2O. The van der Waals surface area contributed by atoms with Gasteiger partial charge in [-0.25, -0.2) is 0 Å². The van der Waals surface area contributed by atoms with Gasteiger partial charge in [-0.3, -0.25) is 0 Å². The molecule has 1 atom stereocenters. The number of aryl methyl sites for hydroxylation is 1. The lowest BCUT2D eigenvalue weighted by Gasteiger charge is -2.04. The van der Waals surface area contributed by atoms with Gasteiger partial charge in [0.1, 0.15) is 6.10 Å². The molecular weight excluding hydrogens is 332 g/mol. The van der Waals surface area contributed by atoms with Crippen LogP contribution in [0.1, 0.15) is 23.1 Å². The minimum Gasteiger partial charge on any atom is -0.378 e. The Kier molecular flexibility index (Phi) is 9.38. The van der Waals surface area contributed by atoms with Crippen molar-refractivity contribution in [2.45, 2.75) is 32.0 Å². The molecule has 3 aromatic rings. The van der Waals surface area contributed by atoms with Gasteiger partial charge < -0.3 is 10.4 Å². The first-order chi connectivity index (χ1) is 13.3. The maximum Gasteiger partial charge on any atom is 0.140 e. The topological polar surface area (TPSA) is 56.0 Å². The summed E-state index contributed by atoms with van der Waals surface area (Å²) in [7, 11) is 0. The lowest BCUT2D eigenvalue weighted by molar-refractivity contribution is 0.220. The fourth-order valence-corrected chi connectivity index (χ4v) is 2.56. The summed E-state index contributed by atoms with van der Waals surface area (Å²) in [6, 6.07) is 32.5. The van der Waals surface area contributed by atoms with Gasteiger partial charge in [0.15, 0.2) is 0 Å². The highest BCUT2D eigenvalue weighted by atomic mass is 16.3. The first-order valence-electron chi connectivity index (χ1n) is 9.18. The molecule has 138 valence electrons. The van der Waals surface area contributed by atoms with Gasteiger partial charge in [-0.15, -0.1) is 0 Å². The molecule has 0 aliphatic heterocycles. The fraction of sp³-hybridized carbons (Fsp3) is 0.208. The van der Waals surface area contributed by atoms with Crippen molar-refractivity contribution in [1.82, 2.24) is 5.32 Å². The van der Waals surface area contributed by atoms with Crippen molar-refractivity contribution in [3.63, 3.8) is 0 Å². The molecule has 0 radical (unpaired) electrons. The first kappa shape index (κ1) is 20.4. The van der Waals surface area contributed by atoms with Crippen LogP contribution in [-0.4, -0.2) is 11.2 Å². The average Bonchev–Trinajstić information content (AvgIpc) is 2.75. The van der Waals surface area contributed by atoms with Crippen LogP contribution in [0.5, 0.6) is 0 Å². The third-order valence-electron chi connectivity index (χ3n) is 4.04. The van der Waals surface area contributed by atoms with Gasteiger partial charge in [0, 0.05) is 13.1 Å². The van der Waals surface area contributed by atoms with Crippen LogP contribution >= 0.6 is 0 Å². The molecule has 0 saturated carbocycles. The quantitative estimate of drug-likeness (QED) is 0.612. The Morgan fingerprint density at radius 3 is 1.52 bits per heavy atom. The Morgan fingerprint density at radius 2 is 1.11 bits per heavy atom. The van der Waals surface area contributed by atoms with Gasteiger partial charge in [-0.1, -0.05) is 91.0 Å². The van der Waals surface area contributed by atoms with Crippen molar-refractivity contribution in [2.24, 2.45) is 0 Å². The smallest absolute Gasteiger partial charge is 0.140 e. The second-order valence-corrected chi connectivity index (χ2v) is 6.24. The van der Waals surface area contributed by atoms with E-state index in [0.717, 1.165) is 25.1 Å². The molecule has 3 heteroatoms. The van der Waals surface area contributed by atoms with Crippen LogP contribution in [0, 0.1) is 11.3 Å². The molecule has 3 rings (SSSR count).